The van der Waals surface area contributed by atoms with E-state index in [1.165, 1.54) is 7.11 Å². The van der Waals surface area contributed by atoms with Gasteiger partial charge in [0, 0.05) is 54.4 Å². The minimum Gasteiger partial charge on any atom is -0.507 e. The van der Waals surface area contributed by atoms with Gasteiger partial charge in [-0.15, -0.1) is 0 Å². The average Bonchev–Trinajstić information content (AvgIpc) is 3.41. The highest BCUT2D eigenvalue weighted by Crippen LogP contribution is 2.34. The molecule has 4 rings (SSSR count). The third-order valence-corrected chi connectivity index (χ3v) is 6.02. The number of imidazole rings is 1. The van der Waals surface area contributed by atoms with Crippen LogP contribution in [0, 0.1) is 6.92 Å². The minimum atomic E-state index is -0.731. The molecule has 2 N–H and O–H groups in total. The minimum absolute atomic E-state index is 0.116. The number of carbonyl (C=O) groups excluding carboxylic acids is 1. The van der Waals surface area contributed by atoms with Crippen molar-refractivity contribution in [2.75, 3.05) is 7.11 Å². The molecule has 0 radical (unpaired) electrons. The highest BCUT2D eigenvalue weighted by Gasteiger charge is 2.27. The van der Waals surface area contributed by atoms with E-state index in [0.29, 0.717) is 36.6 Å². The summed E-state index contributed by atoms with van der Waals surface area (Å²) in [5.41, 5.74) is 2.85. The number of ether oxygens (including phenoxy) is 2. The number of carbonyl (C=O) groups is 1. The van der Waals surface area contributed by atoms with Gasteiger partial charge in [0.25, 0.3) is 5.56 Å². The molecule has 36 heavy (non-hydrogen) atoms. The van der Waals surface area contributed by atoms with Crippen LogP contribution in [0.5, 0.6) is 11.5 Å². The average molecular weight is 489 g/mol. The van der Waals surface area contributed by atoms with Crippen molar-refractivity contribution in [2.45, 2.75) is 38.8 Å². The van der Waals surface area contributed by atoms with Gasteiger partial charge in [0.05, 0.1) is 25.4 Å². The van der Waals surface area contributed by atoms with Gasteiger partial charge in [-0.3, -0.25) is 14.6 Å². The van der Waals surface area contributed by atoms with Crippen LogP contribution in [-0.4, -0.2) is 37.7 Å². The summed E-state index contributed by atoms with van der Waals surface area (Å²) in [6.45, 7) is 2.47. The summed E-state index contributed by atoms with van der Waals surface area (Å²) >= 11 is 0. The van der Waals surface area contributed by atoms with Crippen LogP contribution in [0.15, 0.2) is 72.2 Å². The number of hydrogen-bond donors (Lipinski definition) is 2. The lowest BCUT2D eigenvalue weighted by molar-refractivity contribution is -0.140. The first-order valence-corrected chi connectivity index (χ1v) is 11.5. The summed E-state index contributed by atoms with van der Waals surface area (Å²) in [4.78, 5) is 37.1. The second-order valence-corrected chi connectivity index (χ2v) is 8.42. The van der Waals surface area contributed by atoms with Crippen LogP contribution in [0.1, 0.15) is 40.4 Å². The Bertz CT molecular complexity index is 1370. The highest BCUT2D eigenvalue weighted by atomic mass is 16.5. The van der Waals surface area contributed by atoms with E-state index in [2.05, 4.69) is 15.0 Å². The number of aromatic hydroxyl groups is 1. The fraction of sp³-hybridized carbons (Fsp3) is 0.259. The summed E-state index contributed by atoms with van der Waals surface area (Å²) < 4.78 is 12.4. The summed E-state index contributed by atoms with van der Waals surface area (Å²) in [5.74, 6) is -0.820. The van der Waals surface area contributed by atoms with E-state index in [1.54, 1.807) is 66.7 Å². The van der Waals surface area contributed by atoms with Crippen molar-refractivity contribution in [2.24, 2.45) is 0 Å². The Morgan fingerprint density at radius 2 is 2.03 bits per heavy atom. The number of pyridine rings is 2. The molecule has 0 saturated carbocycles. The molecular weight excluding hydrogens is 460 g/mol. The van der Waals surface area contributed by atoms with Crippen LogP contribution in [0.25, 0.3) is 0 Å². The maximum atomic E-state index is 13.6. The molecule has 0 aliphatic rings. The zero-order valence-corrected chi connectivity index (χ0v) is 20.2. The Balaban J connectivity index is 1.69. The number of methoxy groups -OCH3 is 1. The molecule has 0 unspecified atom stereocenters. The second kappa shape index (κ2) is 11.4. The van der Waals surface area contributed by atoms with Crippen molar-refractivity contribution in [1.29, 1.82) is 0 Å². The summed E-state index contributed by atoms with van der Waals surface area (Å²) in [5, 5.41) is 10.9. The van der Waals surface area contributed by atoms with Gasteiger partial charge in [-0.2, -0.15) is 0 Å². The van der Waals surface area contributed by atoms with E-state index < -0.39 is 11.9 Å². The van der Waals surface area contributed by atoms with Crippen molar-refractivity contribution in [3.05, 3.63) is 106 Å². The lowest BCUT2D eigenvalue weighted by Crippen LogP contribution is -2.29. The molecule has 0 spiro atoms. The molecule has 9 nitrogen and oxygen atoms in total. The van der Waals surface area contributed by atoms with Crippen molar-refractivity contribution < 1.29 is 19.4 Å². The first-order valence-electron chi connectivity index (χ1n) is 11.5. The second-order valence-electron chi connectivity index (χ2n) is 8.42. The predicted molar refractivity (Wildman–Crippen MR) is 133 cm³/mol. The number of aryl methyl sites for hydroxylation is 2. The Hall–Kier alpha value is -4.40. The maximum absolute atomic E-state index is 13.6. The molecular formula is C27H28N4O5. The van der Waals surface area contributed by atoms with Crippen LogP contribution in [0.2, 0.25) is 0 Å². The molecule has 0 bridgehead atoms. The Labute approximate surface area is 208 Å². The van der Waals surface area contributed by atoms with Gasteiger partial charge in [0.2, 0.25) is 0 Å². The molecule has 1 atom stereocenters. The third-order valence-electron chi connectivity index (χ3n) is 6.02. The smallest absolute Gasteiger partial charge is 0.306 e. The number of esters is 1. The standard InChI is InChI=1S/C27H28N4O5/c1-18-11-24(32)26(27(34)31(18)10-8-21-15-29-17-30-21)23(13-25(33)35-2)20-6-3-7-22(12-20)36-16-19-5-4-9-28-14-19/h3-7,9,11-12,14-15,17,23,32H,8,10,13,16H2,1-2H3,(H,29,30)/t23-/m1/s1. The zero-order valence-electron chi connectivity index (χ0n) is 20.2. The molecule has 1 aromatic carbocycles. The maximum Gasteiger partial charge on any atom is 0.306 e. The number of aromatic nitrogens is 4. The Morgan fingerprint density at radius 1 is 1.17 bits per heavy atom. The molecule has 0 aliphatic carbocycles. The monoisotopic (exact) mass is 488 g/mol. The molecule has 0 amide bonds. The van der Waals surface area contributed by atoms with Crippen LogP contribution in [0.3, 0.4) is 0 Å². The van der Waals surface area contributed by atoms with Gasteiger partial charge in [-0.1, -0.05) is 18.2 Å². The Morgan fingerprint density at radius 3 is 2.75 bits per heavy atom. The zero-order chi connectivity index (χ0) is 25.5. The van der Waals surface area contributed by atoms with Gasteiger partial charge in [0.15, 0.2) is 0 Å². The first kappa shape index (κ1) is 24.7. The van der Waals surface area contributed by atoms with E-state index >= 15 is 0 Å². The summed E-state index contributed by atoms with van der Waals surface area (Å²) in [7, 11) is 1.30. The normalized spacial score (nSPS) is 11.7. The summed E-state index contributed by atoms with van der Waals surface area (Å²) in [6, 6.07) is 12.5. The number of aromatic amines is 1. The molecule has 186 valence electrons. The third kappa shape index (κ3) is 5.80. The van der Waals surface area contributed by atoms with E-state index in [-0.39, 0.29) is 23.3 Å². The molecule has 0 aliphatic heterocycles. The molecule has 4 aromatic rings. The fourth-order valence-corrected chi connectivity index (χ4v) is 4.14. The number of benzene rings is 1. The molecule has 0 saturated heterocycles. The largest absolute Gasteiger partial charge is 0.507 e. The Kier molecular flexibility index (Phi) is 7.79. The van der Waals surface area contributed by atoms with Gasteiger partial charge < -0.3 is 24.1 Å². The summed E-state index contributed by atoms with van der Waals surface area (Å²) in [6.07, 6.45) is 7.15. The van der Waals surface area contributed by atoms with Crippen LogP contribution in [0.4, 0.5) is 0 Å². The van der Waals surface area contributed by atoms with Gasteiger partial charge in [-0.05, 0) is 36.8 Å². The highest BCUT2D eigenvalue weighted by molar-refractivity contribution is 5.71. The fourth-order valence-electron chi connectivity index (χ4n) is 4.14. The number of nitrogens with one attached hydrogen (secondary N) is 1. The quantitative estimate of drug-likeness (QED) is 0.328. The number of rotatable bonds is 10. The molecule has 3 heterocycles. The van der Waals surface area contributed by atoms with Crippen molar-refractivity contribution in [3.8, 4) is 11.5 Å². The number of hydrogen-bond acceptors (Lipinski definition) is 7. The first-order chi connectivity index (χ1) is 17.5. The van der Waals surface area contributed by atoms with E-state index in [4.69, 9.17) is 9.47 Å². The topological polar surface area (TPSA) is 119 Å². The lowest BCUT2D eigenvalue weighted by atomic mass is 9.88. The SMILES string of the molecule is COC(=O)C[C@H](c1cccc(OCc2cccnc2)c1)c1c(O)cc(C)n(CCc2cnc[nH]2)c1=O. The van der Waals surface area contributed by atoms with Gasteiger partial charge >= 0.3 is 5.97 Å². The molecule has 3 aromatic heterocycles. The van der Waals surface area contributed by atoms with E-state index in [1.807, 2.05) is 12.1 Å². The van der Waals surface area contributed by atoms with Crippen LogP contribution < -0.4 is 10.3 Å². The van der Waals surface area contributed by atoms with E-state index in [0.717, 1.165) is 11.3 Å². The predicted octanol–water partition coefficient (Wildman–Crippen LogP) is 3.50. The van der Waals surface area contributed by atoms with Gasteiger partial charge in [-0.25, -0.2) is 4.98 Å². The lowest BCUT2D eigenvalue weighted by Gasteiger charge is -2.21. The van der Waals surface area contributed by atoms with Crippen molar-refractivity contribution >= 4 is 5.97 Å². The molecule has 0 fully saturated rings. The van der Waals surface area contributed by atoms with E-state index in [9.17, 15) is 14.7 Å². The number of nitrogens with zero attached hydrogens (tertiary/aromatic N) is 3. The number of H-pyrrole nitrogens is 1. The van der Waals surface area contributed by atoms with Crippen LogP contribution in [-0.2, 0) is 29.1 Å². The van der Waals surface area contributed by atoms with Crippen molar-refractivity contribution in [1.82, 2.24) is 19.5 Å². The van der Waals surface area contributed by atoms with Gasteiger partial charge in [0.1, 0.15) is 18.1 Å². The molecule has 9 heteroatoms. The van der Waals surface area contributed by atoms with Crippen molar-refractivity contribution in [3.63, 3.8) is 0 Å². The van der Waals surface area contributed by atoms with Crippen LogP contribution >= 0.6 is 0 Å².